The zero-order valence-electron chi connectivity index (χ0n) is 19.3. The molecule has 0 fully saturated rings. The highest BCUT2D eigenvalue weighted by Crippen LogP contribution is 2.60. The maximum absolute atomic E-state index is 6.34. The van der Waals surface area contributed by atoms with Gasteiger partial charge in [-0.15, -0.1) is 0 Å². The highest BCUT2D eigenvalue weighted by Gasteiger charge is 2.34. The Morgan fingerprint density at radius 2 is 1.11 bits per heavy atom. The molecule has 0 saturated carbocycles. The number of thiol groups is 1. The molecule has 0 aliphatic rings. The average molecular weight is 439 g/mol. The Morgan fingerprint density at radius 3 is 1.37 bits per heavy atom. The van der Waals surface area contributed by atoms with Gasteiger partial charge in [0, 0.05) is 0 Å². The summed E-state index contributed by atoms with van der Waals surface area (Å²) in [5.41, 5.74) is -3.19. The smallest absolute Gasteiger partial charge is 0.245 e. The van der Waals surface area contributed by atoms with E-state index in [0.717, 1.165) is 12.8 Å². The molecule has 0 aromatic heterocycles. The van der Waals surface area contributed by atoms with E-state index in [-0.39, 0.29) is 11.2 Å². The highest BCUT2D eigenvalue weighted by molar-refractivity contribution is 8.60. The van der Waals surface area contributed by atoms with Crippen molar-refractivity contribution >= 4 is 29.7 Å². The Morgan fingerprint density at radius 1 is 0.778 bits per heavy atom. The van der Waals surface area contributed by atoms with Crippen LogP contribution in [-0.2, 0) is 20.9 Å². The van der Waals surface area contributed by atoms with Crippen LogP contribution < -0.4 is 0 Å². The summed E-state index contributed by atoms with van der Waals surface area (Å²) >= 11 is 10.4. The molecular formula is C22H47O2PS2. The average Bonchev–Trinajstić information content (AvgIpc) is 2.52. The number of hydrogen-bond donors (Lipinski definition) is 1. The van der Waals surface area contributed by atoms with Crippen LogP contribution in [0.4, 0.5) is 0 Å². The Bertz CT molecular complexity index is 402. The molecule has 2 unspecified atom stereocenters. The van der Waals surface area contributed by atoms with E-state index >= 15 is 0 Å². The lowest BCUT2D eigenvalue weighted by Crippen LogP contribution is -2.30. The van der Waals surface area contributed by atoms with Crippen molar-refractivity contribution in [3.05, 3.63) is 0 Å². The number of rotatable bonds is 16. The molecule has 0 N–H and O–H groups in total. The second-order valence-electron chi connectivity index (χ2n) is 9.41. The lowest BCUT2D eigenvalue weighted by atomic mass is 9.88. The van der Waals surface area contributed by atoms with Gasteiger partial charge in [-0.3, -0.25) is 0 Å². The zero-order valence-corrected chi connectivity index (χ0v) is 22.0. The van der Waals surface area contributed by atoms with Gasteiger partial charge in [0.2, 0.25) is 5.69 Å². The Labute approximate surface area is 181 Å². The van der Waals surface area contributed by atoms with Gasteiger partial charge in [0.25, 0.3) is 0 Å². The Balaban J connectivity index is 4.84. The minimum absolute atomic E-state index is 0.297. The van der Waals surface area contributed by atoms with E-state index in [0.29, 0.717) is 11.8 Å². The van der Waals surface area contributed by atoms with Crippen LogP contribution in [0.25, 0.3) is 0 Å². The fourth-order valence-electron chi connectivity index (χ4n) is 3.99. The Kier molecular flexibility index (Phi) is 13.7. The van der Waals surface area contributed by atoms with Crippen LogP contribution in [-0.4, -0.2) is 11.2 Å². The van der Waals surface area contributed by atoms with Gasteiger partial charge < -0.3 is 9.05 Å². The predicted molar refractivity (Wildman–Crippen MR) is 129 cm³/mol. The lowest BCUT2D eigenvalue weighted by molar-refractivity contribution is 0.0328. The summed E-state index contributed by atoms with van der Waals surface area (Å²) in [5.74, 6) is 1.35. The molecule has 0 radical (unpaired) electrons. The molecular weight excluding hydrogens is 391 g/mol. The maximum atomic E-state index is 6.34. The standard InChI is InChI=1S/C22H47O2PS2/c1-9-13-15-19(11-3)17-21(5,6)23-25(26,27)24-22(7,8)18-20(12-4)16-14-10-2/h19-20H,9-18H2,1-8H3,(H,26,27). The van der Waals surface area contributed by atoms with Gasteiger partial charge in [0.05, 0.1) is 11.2 Å². The summed E-state index contributed by atoms with van der Waals surface area (Å²) in [6, 6.07) is 0. The maximum Gasteiger partial charge on any atom is 0.245 e. The van der Waals surface area contributed by atoms with Gasteiger partial charge in [-0.05, 0) is 64.2 Å². The quantitative estimate of drug-likeness (QED) is 0.192. The van der Waals surface area contributed by atoms with E-state index in [9.17, 15) is 0 Å². The summed E-state index contributed by atoms with van der Waals surface area (Å²) in [5, 5.41) is 0. The molecule has 27 heavy (non-hydrogen) atoms. The van der Waals surface area contributed by atoms with Crippen molar-refractivity contribution in [2.24, 2.45) is 11.8 Å². The monoisotopic (exact) mass is 438 g/mol. The van der Waals surface area contributed by atoms with Crippen LogP contribution in [0.2, 0.25) is 0 Å². The van der Waals surface area contributed by atoms with Crippen LogP contribution in [0.1, 0.15) is 120 Å². The molecule has 5 heteroatoms. The zero-order chi connectivity index (χ0) is 21.1. The molecule has 0 aromatic rings. The predicted octanol–water partition coefficient (Wildman–Crippen LogP) is 8.94. The van der Waals surface area contributed by atoms with Crippen LogP contribution in [0.15, 0.2) is 0 Å². The SMILES string of the molecule is CCCCC(CC)CC(C)(C)OP(=S)(S)OC(C)(C)CC(CC)CCCC. The van der Waals surface area contributed by atoms with Crippen molar-refractivity contribution in [1.29, 1.82) is 0 Å². The van der Waals surface area contributed by atoms with Crippen molar-refractivity contribution in [3.8, 4) is 0 Å². The first-order valence-electron chi connectivity index (χ1n) is 11.1. The van der Waals surface area contributed by atoms with E-state index in [1.807, 2.05) is 0 Å². The van der Waals surface area contributed by atoms with Crippen molar-refractivity contribution in [2.75, 3.05) is 0 Å². The Hall–Kier alpha value is 0.920. The lowest BCUT2D eigenvalue weighted by Gasteiger charge is -2.38. The first-order chi connectivity index (χ1) is 12.4. The molecule has 0 aliphatic carbocycles. The third kappa shape index (κ3) is 13.7. The van der Waals surface area contributed by atoms with E-state index in [1.54, 1.807) is 0 Å². The summed E-state index contributed by atoms with van der Waals surface area (Å²) in [6.45, 7) is 17.6. The van der Waals surface area contributed by atoms with Crippen LogP contribution >= 0.6 is 17.9 Å². The van der Waals surface area contributed by atoms with Crippen LogP contribution in [0.5, 0.6) is 0 Å². The second kappa shape index (κ2) is 13.3. The fraction of sp³-hybridized carbons (Fsp3) is 1.00. The number of hydrogen-bond acceptors (Lipinski definition) is 3. The molecule has 2 atom stereocenters. The van der Waals surface area contributed by atoms with Crippen LogP contribution in [0, 0.1) is 11.8 Å². The van der Waals surface area contributed by atoms with Crippen molar-refractivity contribution in [3.63, 3.8) is 0 Å². The van der Waals surface area contributed by atoms with Gasteiger partial charge in [-0.25, -0.2) is 0 Å². The molecule has 0 saturated heterocycles. The molecule has 0 spiro atoms. The normalized spacial score (nSPS) is 17.5. The van der Waals surface area contributed by atoms with Gasteiger partial charge in [-0.1, -0.05) is 91.3 Å². The molecule has 0 amide bonds. The summed E-state index contributed by atoms with van der Waals surface area (Å²) in [7, 11) is 0. The molecule has 0 heterocycles. The van der Waals surface area contributed by atoms with Crippen molar-refractivity contribution in [1.82, 2.24) is 0 Å². The van der Waals surface area contributed by atoms with Gasteiger partial charge >= 0.3 is 0 Å². The summed E-state index contributed by atoms with van der Waals surface area (Å²) in [6.07, 6.45) is 12.0. The summed E-state index contributed by atoms with van der Waals surface area (Å²) < 4.78 is 12.7. The molecule has 0 aromatic carbocycles. The molecule has 2 nitrogen and oxygen atoms in total. The first-order valence-corrected chi connectivity index (χ1v) is 14.9. The fourth-order valence-corrected chi connectivity index (χ4v) is 7.97. The van der Waals surface area contributed by atoms with E-state index in [2.05, 4.69) is 55.4 Å². The first kappa shape index (κ1) is 27.9. The van der Waals surface area contributed by atoms with Crippen LogP contribution in [0.3, 0.4) is 0 Å². The topological polar surface area (TPSA) is 18.5 Å². The largest absolute Gasteiger partial charge is 0.316 e. The van der Waals surface area contributed by atoms with Gasteiger partial charge in [0.15, 0.2) is 0 Å². The minimum atomic E-state index is -2.59. The highest BCUT2D eigenvalue weighted by atomic mass is 32.9. The van der Waals surface area contributed by atoms with E-state index in [4.69, 9.17) is 33.1 Å². The third-order valence-electron chi connectivity index (χ3n) is 5.37. The molecule has 164 valence electrons. The molecule has 0 rings (SSSR count). The minimum Gasteiger partial charge on any atom is -0.316 e. The second-order valence-corrected chi connectivity index (χ2v) is 14.5. The van der Waals surface area contributed by atoms with E-state index < -0.39 is 5.69 Å². The third-order valence-corrected chi connectivity index (χ3v) is 7.76. The molecule has 0 aliphatic heterocycles. The van der Waals surface area contributed by atoms with Gasteiger partial charge in [-0.2, -0.15) is 0 Å². The molecule has 0 bridgehead atoms. The van der Waals surface area contributed by atoms with Crippen molar-refractivity contribution in [2.45, 2.75) is 131 Å². The summed E-state index contributed by atoms with van der Waals surface area (Å²) in [4.78, 5) is 0. The van der Waals surface area contributed by atoms with Crippen molar-refractivity contribution < 1.29 is 9.05 Å². The van der Waals surface area contributed by atoms with E-state index in [1.165, 1.54) is 51.4 Å². The van der Waals surface area contributed by atoms with Gasteiger partial charge in [0.1, 0.15) is 0 Å². The number of unbranched alkanes of at least 4 members (excludes halogenated alkanes) is 2.